The molecule has 2 aliphatic carbocycles. The van der Waals surface area contributed by atoms with Crippen LogP contribution in [0.2, 0.25) is 0 Å². The Morgan fingerprint density at radius 1 is 0.897 bits per heavy atom. The summed E-state index contributed by atoms with van der Waals surface area (Å²) in [4.78, 5) is 0. The molecule has 0 N–H and O–H groups in total. The first kappa shape index (κ1) is 24.5. The van der Waals surface area contributed by atoms with Gasteiger partial charge in [0.2, 0.25) is 0 Å². The minimum Gasteiger partial charge on any atom is -0.289 e. The van der Waals surface area contributed by atoms with E-state index in [0.717, 1.165) is 31.1 Å². The average Bonchev–Trinajstić information content (AvgIpc) is 2.68. The van der Waals surface area contributed by atoms with Crippen molar-refractivity contribution in [2.24, 2.45) is 23.7 Å². The zero-order valence-corrected chi connectivity index (χ0v) is 18.4. The molecule has 1 atom stereocenters. The van der Waals surface area contributed by atoms with Crippen molar-refractivity contribution in [2.45, 2.75) is 110 Å². The van der Waals surface area contributed by atoms with E-state index in [1.165, 1.54) is 51.4 Å². The van der Waals surface area contributed by atoms with Crippen molar-refractivity contribution in [3.05, 3.63) is 24.3 Å². The second-order valence-corrected chi connectivity index (χ2v) is 9.27. The summed E-state index contributed by atoms with van der Waals surface area (Å²) < 4.78 is 41.2. The minimum atomic E-state index is -4.48. The van der Waals surface area contributed by atoms with Gasteiger partial charge in [-0.05, 0) is 94.8 Å². The average molecular weight is 415 g/mol. The summed E-state index contributed by atoms with van der Waals surface area (Å²) in [5.74, 6) is 2.78. The van der Waals surface area contributed by atoms with E-state index in [0.29, 0.717) is 24.7 Å². The first-order valence-electron chi connectivity index (χ1n) is 11.9. The Morgan fingerprint density at radius 2 is 1.52 bits per heavy atom. The molecule has 2 aliphatic rings. The number of allylic oxidation sites excluding steroid dienone is 4. The third kappa shape index (κ3) is 10.2. The van der Waals surface area contributed by atoms with Crippen molar-refractivity contribution >= 4 is 0 Å². The summed E-state index contributed by atoms with van der Waals surface area (Å²) in [6.07, 6.45) is 18.6. The van der Waals surface area contributed by atoms with Gasteiger partial charge in [0.1, 0.15) is 0 Å². The monoisotopic (exact) mass is 414 g/mol. The molecule has 29 heavy (non-hydrogen) atoms. The molecule has 0 aromatic carbocycles. The van der Waals surface area contributed by atoms with Gasteiger partial charge in [-0.1, -0.05) is 50.5 Å². The van der Waals surface area contributed by atoms with Crippen LogP contribution in [-0.4, -0.2) is 12.5 Å². The van der Waals surface area contributed by atoms with Crippen molar-refractivity contribution in [2.75, 3.05) is 0 Å². The molecule has 0 bridgehead atoms. The predicted molar refractivity (Wildman–Crippen MR) is 115 cm³/mol. The molecule has 1 nitrogen and oxygen atoms in total. The molecule has 0 aliphatic heterocycles. The van der Waals surface area contributed by atoms with Gasteiger partial charge in [0.25, 0.3) is 0 Å². The fraction of sp³-hybridized carbons (Fsp3) is 0.840. The highest BCUT2D eigenvalue weighted by Crippen LogP contribution is 2.34. The molecule has 4 heteroatoms. The van der Waals surface area contributed by atoms with Crippen molar-refractivity contribution < 1.29 is 17.9 Å². The Labute approximate surface area is 176 Å². The van der Waals surface area contributed by atoms with E-state index in [1.54, 1.807) is 0 Å². The predicted octanol–water partition coefficient (Wildman–Crippen LogP) is 8.61. The molecule has 0 spiro atoms. The lowest BCUT2D eigenvalue weighted by molar-refractivity contribution is -0.345. The van der Waals surface area contributed by atoms with Gasteiger partial charge in [0.05, 0.1) is 6.10 Å². The summed E-state index contributed by atoms with van der Waals surface area (Å²) in [6, 6.07) is 0. The van der Waals surface area contributed by atoms with Crippen LogP contribution in [0.4, 0.5) is 13.2 Å². The zero-order valence-electron chi connectivity index (χ0n) is 18.4. The van der Waals surface area contributed by atoms with Crippen LogP contribution in [0.3, 0.4) is 0 Å². The fourth-order valence-corrected chi connectivity index (χ4v) is 5.22. The van der Waals surface area contributed by atoms with Crippen molar-refractivity contribution in [1.29, 1.82) is 0 Å². The molecule has 168 valence electrons. The number of hydrogen-bond acceptors (Lipinski definition) is 1. The van der Waals surface area contributed by atoms with Gasteiger partial charge in [-0.3, -0.25) is 4.74 Å². The molecule has 2 rings (SSSR count). The molecule has 0 aromatic rings. The topological polar surface area (TPSA) is 9.23 Å². The zero-order chi connectivity index (χ0) is 21.1. The molecule has 0 heterocycles. The van der Waals surface area contributed by atoms with Crippen molar-refractivity contribution in [3.63, 3.8) is 0 Å². The van der Waals surface area contributed by atoms with Gasteiger partial charge >= 0.3 is 6.36 Å². The standard InChI is InChI=1S/C25H41F3O/c1-3-6-20(10-13-23-14-11-21(7-4-2)12-15-23)8-5-9-22-16-18-24(19-17-22)29-25(26,27)28/h4,7,10,13,20-24H,3,5-6,8-9,11-12,14-19H2,1-2H3/b7-4+,13-10+. The summed E-state index contributed by atoms with van der Waals surface area (Å²) in [7, 11) is 0. The van der Waals surface area contributed by atoms with E-state index in [2.05, 4.69) is 42.9 Å². The first-order chi connectivity index (χ1) is 13.9. The van der Waals surface area contributed by atoms with E-state index >= 15 is 0 Å². The van der Waals surface area contributed by atoms with E-state index in [1.807, 2.05) is 0 Å². The highest BCUT2D eigenvalue weighted by molar-refractivity contribution is 4.97. The number of hydrogen-bond donors (Lipinski definition) is 0. The second kappa shape index (κ2) is 12.8. The van der Waals surface area contributed by atoms with Crippen LogP contribution in [-0.2, 0) is 4.74 Å². The van der Waals surface area contributed by atoms with Crippen LogP contribution in [0, 0.1) is 23.7 Å². The fourth-order valence-electron chi connectivity index (χ4n) is 5.22. The van der Waals surface area contributed by atoms with Crippen LogP contribution in [0.5, 0.6) is 0 Å². The Bertz CT molecular complexity index is 481. The highest BCUT2D eigenvalue weighted by atomic mass is 19.4. The molecule has 1 unspecified atom stereocenters. The Hall–Kier alpha value is -0.770. The van der Waals surface area contributed by atoms with Gasteiger partial charge in [-0.25, -0.2) is 0 Å². The largest absolute Gasteiger partial charge is 0.522 e. The van der Waals surface area contributed by atoms with Crippen molar-refractivity contribution in [3.8, 4) is 0 Å². The lowest BCUT2D eigenvalue weighted by Gasteiger charge is -2.29. The van der Waals surface area contributed by atoms with Crippen LogP contribution in [0.15, 0.2) is 24.3 Å². The molecule has 2 fully saturated rings. The van der Waals surface area contributed by atoms with Crippen LogP contribution in [0.25, 0.3) is 0 Å². The van der Waals surface area contributed by atoms with Crippen LogP contribution >= 0.6 is 0 Å². The number of rotatable bonds is 10. The van der Waals surface area contributed by atoms with Crippen LogP contribution in [0.1, 0.15) is 97.3 Å². The normalized spacial score (nSPS) is 30.2. The van der Waals surface area contributed by atoms with Gasteiger partial charge < -0.3 is 0 Å². The molecule has 0 amide bonds. The van der Waals surface area contributed by atoms with Gasteiger partial charge in [0, 0.05) is 0 Å². The third-order valence-electron chi connectivity index (χ3n) is 6.88. The summed E-state index contributed by atoms with van der Waals surface area (Å²) in [5.41, 5.74) is 0. The number of halogens is 3. The lowest BCUT2D eigenvalue weighted by Crippen LogP contribution is -2.28. The molecule has 0 radical (unpaired) electrons. The first-order valence-corrected chi connectivity index (χ1v) is 11.9. The minimum absolute atomic E-state index is 0.554. The second-order valence-electron chi connectivity index (χ2n) is 9.27. The Kier molecular flexibility index (Phi) is 10.8. The molecule has 0 aromatic heterocycles. The van der Waals surface area contributed by atoms with Crippen LogP contribution < -0.4 is 0 Å². The number of ether oxygens (including phenoxy) is 1. The molecule has 0 saturated heterocycles. The third-order valence-corrected chi connectivity index (χ3v) is 6.88. The summed E-state index contributed by atoms with van der Waals surface area (Å²) in [6.45, 7) is 4.37. The maximum absolute atomic E-state index is 12.3. The maximum Gasteiger partial charge on any atom is 0.522 e. The quantitative estimate of drug-likeness (QED) is 0.325. The van der Waals surface area contributed by atoms with Crippen molar-refractivity contribution in [1.82, 2.24) is 0 Å². The summed E-state index contributed by atoms with van der Waals surface area (Å²) in [5, 5.41) is 0. The highest BCUT2D eigenvalue weighted by Gasteiger charge is 2.35. The van der Waals surface area contributed by atoms with E-state index in [-0.39, 0.29) is 0 Å². The van der Waals surface area contributed by atoms with Gasteiger partial charge in [-0.15, -0.1) is 13.2 Å². The smallest absolute Gasteiger partial charge is 0.289 e. The Morgan fingerprint density at radius 3 is 2.07 bits per heavy atom. The van der Waals surface area contributed by atoms with Gasteiger partial charge in [0.15, 0.2) is 0 Å². The Balaban J connectivity index is 1.65. The van der Waals surface area contributed by atoms with E-state index in [9.17, 15) is 13.2 Å². The SMILES string of the molecule is C/C=C/C1CCC(/C=C/C(CCC)CCCC2CCC(OC(F)(F)F)CC2)CC1. The summed E-state index contributed by atoms with van der Waals surface area (Å²) >= 11 is 0. The van der Waals surface area contributed by atoms with Gasteiger partial charge in [-0.2, -0.15) is 0 Å². The van der Waals surface area contributed by atoms with E-state index in [4.69, 9.17) is 0 Å². The van der Waals surface area contributed by atoms with E-state index < -0.39 is 12.5 Å². The molecular formula is C25H41F3O. The molecule has 2 saturated carbocycles. The molecular weight excluding hydrogens is 373 g/mol. The number of alkyl halides is 3. The lowest BCUT2D eigenvalue weighted by atomic mass is 9.80. The maximum atomic E-state index is 12.3.